The monoisotopic (exact) mass is 272 g/mol. The van der Waals surface area contributed by atoms with Crippen molar-refractivity contribution >= 4 is 34.5 Å². The van der Waals surface area contributed by atoms with E-state index in [-0.39, 0.29) is 11.9 Å². The topological polar surface area (TPSA) is 55.6 Å². The van der Waals surface area contributed by atoms with Crippen LogP contribution in [0.15, 0.2) is 11.4 Å². The van der Waals surface area contributed by atoms with Gasteiger partial charge in [0.2, 0.25) is 0 Å². The van der Waals surface area contributed by atoms with E-state index in [9.17, 15) is 4.79 Å². The van der Waals surface area contributed by atoms with Crippen molar-refractivity contribution in [1.82, 2.24) is 4.90 Å². The number of thiophene rings is 1. The van der Waals surface area contributed by atoms with Crippen molar-refractivity contribution in [2.75, 3.05) is 13.7 Å². The molecule has 94 valence electrons. The summed E-state index contributed by atoms with van der Waals surface area (Å²) in [5.74, 6) is 0.624. The normalized spacial score (nSPS) is 10.4. The molecule has 6 heteroatoms. The lowest BCUT2D eigenvalue weighted by atomic mass is 10.3. The summed E-state index contributed by atoms with van der Waals surface area (Å²) in [7, 11) is 1.57. The molecule has 0 unspecified atom stereocenters. The van der Waals surface area contributed by atoms with E-state index in [0.717, 1.165) is 0 Å². The van der Waals surface area contributed by atoms with Crippen LogP contribution in [0.1, 0.15) is 23.5 Å². The number of amides is 1. The van der Waals surface area contributed by atoms with Crippen molar-refractivity contribution in [2.45, 2.75) is 19.9 Å². The summed E-state index contributed by atoms with van der Waals surface area (Å²) >= 11 is 6.21. The molecule has 1 amide bonds. The molecule has 1 aromatic heterocycles. The number of carbonyl (C=O) groups is 1. The molecule has 0 spiro atoms. The molecule has 0 radical (unpaired) electrons. The van der Waals surface area contributed by atoms with Crippen LogP contribution in [-0.4, -0.2) is 35.5 Å². The SMILES string of the molecule is COc1csc(C(=O)N(CC(N)=S)C(C)C)c1. The molecule has 2 N–H and O–H groups in total. The van der Waals surface area contributed by atoms with Gasteiger partial charge in [0.15, 0.2) is 0 Å². The molecule has 0 saturated heterocycles. The van der Waals surface area contributed by atoms with Crippen LogP contribution in [0.4, 0.5) is 0 Å². The molecule has 0 fully saturated rings. The highest BCUT2D eigenvalue weighted by molar-refractivity contribution is 7.80. The average molecular weight is 272 g/mol. The van der Waals surface area contributed by atoms with Gasteiger partial charge < -0.3 is 15.4 Å². The summed E-state index contributed by atoms with van der Waals surface area (Å²) in [5, 5.41) is 1.80. The van der Waals surface area contributed by atoms with E-state index in [0.29, 0.717) is 22.2 Å². The van der Waals surface area contributed by atoms with Gasteiger partial charge in [-0.25, -0.2) is 0 Å². The number of carbonyl (C=O) groups excluding carboxylic acids is 1. The lowest BCUT2D eigenvalue weighted by molar-refractivity contribution is 0.0741. The summed E-state index contributed by atoms with van der Waals surface area (Å²) in [6.07, 6.45) is 0. The van der Waals surface area contributed by atoms with Crippen LogP contribution in [0.3, 0.4) is 0 Å². The van der Waals surface area contributed by atoms with Gasteiger partial charge in [0, 0.05) is 17.5 Å². The number of thiocarbonyl (C=S) groups is 1. The quantitative estimate of drug-likeness (QED) is 0.832. The highest BCUT2D eigenvalue weighted by atomic mass is 32.1. The predicted octanol–water partition coefficient (Wildman–Crippen LogP) is 1.89. The molecule has 0 atom stereocenters. The second-order valence-electron chi connectivity index (χ2n) is 3.84. The van der Waals surface area contributed by atoms with Gasteiger partial charge in [0.25, 0.3) is 5.91 Å². The van der Waals surface area contributed by atoms with E-state index in [2.05, 4.69) is 0 Å². The molecule has 1 aromatic rings. The van der Waals surface area contributed by atoms with Crippen molar-refractivity contribution in [3.05, 3.63) is 16.3 Å². The van der Waals surface area contributed by atoms with Crippen LogP contribution < -0.4 is 10.5 Å². The molecule has 1 rings (SSSR count). The Morgan fingerprint density at radius 3 is 2.71 bits per heavy atom. The van der Waals surface area contributed by atoms with Gasteiger partial charge in [0.05, 0.1) is 23.5 Å². The van der Waals surface area contributed by atoms with Crippen LogP contribution in [0, 0.1) is 0 Å². The predicted molar refractivity (Wildman–Crippen MR) is 73.8 cm³/mol. The zero-order valence-corrected chi connectivity index (χ0v) is 11.7. The zero-order chi connectivity index (χ0) is 13.0. The number of nitrogens with two attached hydrogens (primary N) is 1. The first-order valence-electron chi connectivity index (χ1n) is 5.17. The Balaban J connectivity index is 2.87. The van der Waals surface area contributed by atoms with E-state index in [1.807, 2.05) is 13.8 Å². The lowest BCUT2D eigenvalue weighted by Gasteiger charge is -2.25. The molecule has 1 heterocycles. The second-order valence-corrected chi connectivity index (χ2v) is 5.28. The fourth-order valence-electron chi connectivity index (χ4n) is 1.34. The molecule has 0 aromatic carbocycles. The minimum Gasteiger partial charge on any atom is -0.496 e. The summed E-state index contributed by atoms with van der Waals surface area (Å²) in [5.41, 5.74) is 5.49. The van der Waals surface area contributed by atoms with E-state index in [1.165, 1.54) is 11.3 Å². The summed E-state index contributed by atoms with van der Waals surface area (Å²) in [6.45, 7) is 4.16. The Morgan fingerprint density at radius 2 is 2.29 bits per heavy atom. The molecule has 0 aliphatic rings. The summed E-state index contributed by atoms with van der Waals surface area (Å²) in [6, 6.07) is 1.78. The fourth-order valence-corrected chi connectivity index (χ4v) is 2.29. The minimum absolute atomic E-state index is 0.0529. The van der Waals surface area contributed by atoms with Crippen LogP contribution >= 0.6 is 23.6 Å². The van der Waals surface area contributed by atoms with E-state index in [1.54, 1.807) is 23.5 Å². The maximum absolute atomic E-state index is 12.2. The maximum Gasteiger partial charge on any atom is 0.264 e. The lowest BCUT2D eigenvalue weighted by Crippen LogP contribution is -2.41. The van der Waals surface area contributed by atoms with E-state index in [4.69, 9.17) is 22.7 Å². The van der Waals surface area contributed by atoms with Crippen LogP contribution in [0.5, 0.6) is 5.75 Å². The van der Waals surface area contributed by atoms with Gasteiger partial charge in [-0.15, -0.1) is 11.3 Å². The number of hydrogen-bond acceptors (Lipinski definition) is 4. The number of hydrogen-bond donors (Lipinski definition) is 1. The molecule has 0 bridgehead atoms. The second kappa shape index (κ2) is 5.97. The molecular formula is C11H16N2O2S2. The van der Waals surface area contributed by atoms with Crippen molar-refractivity contribution in [3.63, 3.8) is 0 Å². The molecule has 4 nitrogen and oxygen atoms in total. The Labute approximate surface area is 110 Å². The zero-order valence-electron chi connectivity index (χ0n) is 10.1. The van der Waals surface area contributed by atoms with Crippen molar-refractivity contribution < 1.29 is 9.53 Å². The Morgan fingerprint density at radius 1 is 1.65 bits per heavy atom. The van der Waals surface area contributed by atoms with E-state index < -0.39 is 0 Å². The third-order valence-electron chi connectivity index (χ3n) is 2.23. The first-order chi connectivity index (χ1) is 7.95. The first kappa shape index (κ1) is 13.9. The fraction of sp³-hybridized carbons (Fsp3) is 0.455. The van der Waals surface area contributed by atoms with Crippen molar-refractivity contribution in [2.24, 2.45) is 5.73 Å². The van der Waals surface area contributed by atoms with Crippen LogP contribution in [0.25, 0.3) is 0 Å². The summed E-state index contributed by atoms with van der Waals surface area (Å²) in [4.78, 5) is 14.8. The van der Waals surface area contributed by atoms with Gasteiger partial charge in [-0.05, 0) is 13.8 Å². The molecule has 0 saturated carbocycles. The van der Waals surface area contributed by atoms with Crippen LogP contribution in [0.2, 0.25) is 0 Å². The number of rotatable bonds is 5. The van der Waals surface area contributed by atoms with Gasteiger partial charge in [0.1, 0.15) is 5.75 Å². The maximum atomic E-state index is 12.2. The third-order valence-corrected chi connectivity index (χ3v) is 3.26. The number of methoxy groups -OCH3 is 1. The molecule has 17 heavy (non-hydrogen) atoms. The minimum atomic E-state index is -0.0684. The van der Waals surface area contributed by atoms with Crippen LogP contribution in [-0.2, 0) is 0 Å². The van der Waals surface area contributed by atoms with Gasteiger partial charge in [-0.1, -0.05) is 12.2 Å². The van der Waals surface area contributed by atoms with Crippen molar-refractivity contribution in [3.8, 4) is 5.75 Å². The highest BCUT2D eigenvalue weighted by Gasteiger charge is 2.21. The Hall–Kier alpha value is -1.14. The Bertz CT molecular complexity index is 415. The standard InChI is InChI=1S/C11H16N2O2S2/c1-7(2)13(5-10(12)16)11(14)9-4-8(15-3)6-17-9/h4,6-7H,5H2,1-3H3,(H2,12,16). The molecule has 0 aliphatic carbocycles. The van der Waals surface area contributed by atoms with Gasteiger partial charge in [-0.2, -0.15) is 0 Å². The average Bonchev–Trinajstić information content (AvgIpc) is 2.72. The third kappa shape index (κ3) is 3.67. The molecule has 0 aliphatic heterocycles. The largest absolute Gasteiger partial charge is 0.496 e. The number of ether oxygens (including phenoxy) is 1. The van der Waals surface area contributed by atoms with Gasteiger partial charge >= 0.3 is 0 Å². The van der Waals surface area contributed by atoms with Crippen molar-refractivity contribution in [1.29, 1.82) is 0 Å². The highest BCUT2D eigenvalue weighted by Crippen LogP contribution is 2.23. The molecular weight excluding hydrogens is 256 g/mol. The van der Waals surface area contributed by atoms with E-state index >= 15 is 0 Å². The van der Waals surface area contributed by atoms with Gasteiger partial charge in [-0.3, -0.25) is 4.79 Å². The smallest absolute Gasteiger partial charge is 0.264 e. The first-order valence-corrected chi connectivity index (χ1v) is 6.46. The summed E-state index contributed by atoms with van der Waals surface area (Å²) < 4.78 is 5.06. The number of nitrogens with zero attached hydrogens (tertiary/aromatic N) is 1. The Kier molecular flexibility index (Phi) is 4.89.